The van der Waals surface area contributed by atoms with Crippen LogP contribution in [0.2, 0.25) is 0 Å². The molecule has 2 heteroatoms. The molecule has 0 aliphatic heterocycles. The van der Waals surface area contributed by atoms with Gasteiger partial charge >= 0.3 is 5.97 Å². The Morgan fingerprint density at radius 2 is 1.90 bits per heavy atom. The van der Waals surface area contributed by atoms with Crippen molar-refractivity contribution < 1.29 is 9.53 Å². The van der Waals surface area contributed by atoms with Crippen molar-refractivity contribution in [2.75, 3.05) is 0 Å². The number of hydrogen-bond acceptors (Lipinski definition) is 2. The lowest BCUT2D eigenvalue weighted by atomic mass is 10.2. The third-order valence-electron chi connectivity index (χ3n) is 2.49. The first-order valence-corrected chi connectivity index (χ1v) is 7.23. The maximum absolute atomic E-state index is 10.9. The van der Waals surface area contributed by atoms with E-state index in [1.807, 2.05) is 6.08 Å². The zero-order valence-corrected chi connectivity index (χ0v) is 12.9. The minimum atomic E-state index is -0.449. The highest BCUT2D eigenvalue weighted by atomic mass is 16.5. The smallest absolute Gasteiger partial charge is 0.303 e. The van der Waals surface area contributed by atoms with Crippen LogP contribution in [0.25, 0.3) is 0 Å². The molecular weight excluding hydrogens is 260 g/mol. The second-order valence-corrected chi connectivity index (χ2v) is 4.44. The first-order valence-electron chi connectivity index (χ1n) is 7.23. The Morgan fingerprint density at radius 3 is 2.57 bits per heavy atom. The van der Waals surface area contributed by atoms with Gasteiger partial charge in [-0.3, -0.25) is 4.79 Å². The molecule has 21 heavy (non-hydrogen) atoms. The van der Waals surface area contributed by atoms with E-state index in [-0.39, 0.29) is 5.97 Å². The maximum atomic E-state index is 10.9. The van der Waals surface area contributed by atoms with Crippen LogP contribution in [0.1, 0.15) is 45.4 Å². The summed E-state index contributed by atoms with van der Waals surface area (Å²) >= 11 is 0. The Balaban J connectivity index is 3.97. The van der Waals surface area contributed by atoms with E-state index >= 15 is 0 Å². The molecule has 0 fully saturated rings. The summed E-state index contributed by atoms with van der Waals surface area (Å²) < 4.78 is 5.01. The van der Waals surface area contributed by atoms with Crippen LogP contribution in [0.3, 0.4) is 0 Å². The van der Waals surface area contributed by atoms with Crippen molar-refractivity contribution >= 4 is 5.97 Å². The molecule has 112 valence electrons. The number of carbonyl (C=O) groups is 1. The van der Waals surface area contributed by atoms with Crippen molar-refractivity contribution in [3.63, 3.8) is 0 Å². The molecule has 0 N–H and O–H groups in total. The molecule has 0 bridgehead atoms. The number of carbonyl (C=O) groups excluding carboxylic acids is 1. The molecule has 0 heterocycles. The first-order chi connectivity index (χ1) is 10.2. The van der Waals surface area contributed by atoms with Crippen LogP contribution in [-0.2, 0) is 9.53 Å². The molecule has 0 aromatic heterocycles. The summed E-state index contributed by atoms with van der Waals surface area (Å²) in [6.45, 7) is 8.66. The van der Waals surface area contributed by atoms with E-state index in [0.717, 1.165) is 12.8 Å². The monoisotopic (exact) mass is 284 g/mol. The molecule has 0 aliphatic carbocycles. The van der Waals surface area contributed by atoms with Crippen LogP contribution >= 0.6 is 0 Å². The summed E-state index contributed by atoms with van der Waals surface area (Å²) in [5, 5.41) is 0. The van der Waals surface area contributed by atoms with Gasteiger partial charge in [0, 0.05) is 19.8 Å². The average Bonchev–Trinajstić information content (AvgIpc) is 2.44. The van der Waals surface area contributed by atoms with Gasteiger partial charge in [0.15, 0.2) is 6.10 Å². The van der Waals surface area contributed by atoms with Crippen LogP contribution < -0.4 is 0 Å². The fourth-order valence-electron chi connectivity index (χ4n) is 1.51. The highest BCUT2D eigenvalue weighted by Gasteiger charge is 2.04. The number of esters is 1. The summed E-state index contributed by atoms with van der Waals surface area (Å²) in [7, 11) is 0. The standard InChI is InChI=1S/C19H24O2/c1-4-6-7-8-9-10-11-12-13-14-15-17-19(16-5-2)21-18(3)20/h4-5,10-11,19H,1-2,6-9,12,16H2,3H3/b11-10+/t19-/m0/s1. The fourth-order valence-corrected chi connectivity index (χ4v) is 1.51. The van der Waals surface area contributed by atoms with Crippen molar-refractivity contribution in [2.24, 2.45) is 0 Å². The Bertz CT molecular complexity index is 463. The van der Waals surface area contributed by atoms with Gasteiger partial charge in [0.1, 0.15) is 0 Å². The van der Waals surface area contributed by atoms with E-state index in [9.17, 15) is 4.79 Å². The molecule has 2 nitrogen and oxygen atoms in total. The summed E-state index contributed by atoms with van der Waals surface area (Å²) in [6.07, 6.45) is 13.1. The zero-order chi connectivity index (χ0) is 15.8. The van der Waals surface area contributed by atoms with Gasteiger partial charge in [-0.05, 0) is 43.4 Å². The molecule has 0 amide bonds. The van der Waals surface area contributed by atoms with Gasteiger partial charge in [-0.1, -0.05) is 30.2 Å². The van der Waals surface area contributed by atoms with Gasteiger partial charge in [-0.25, -0.2) is 0 Å². The predicted molar refractivity (Wildman–Crippen MR) is 88.3 cm³/mol. The molecule has 0 radical (unpaired) electrons. The molecule has 0 saturated carbocycles. The minimum absolute atomic E-state index is 0.344. The second kappa shape index (κ2) is 14.2. The van der Waals surface area contributed by atoms with Crippen LogP contribution in [-0.4, -0.2) is 12.1 Å². The van der Waals surface area contributed by atoms with Gasteiger partial charge in [0.25, 0.3) is 0 Å². The third kappa shape index (κ3) is 14.0. The lowest BCUT2D eigenvalue weighted by Crippen LogP contribution is -2.12. The lowest BCUT2D eigenvalue weighted by molar-refractivity contribution is -0.143. The summed E-state index contributed by atoms with van der Waals surface area (Å²) in [5.74, 6) is 10.9. The van der Waals surface area contributed by atoms with Crippen molar-refractivity contribution in [2.45, 2.75) is 51.6 Å². The minimum Gasteiger partial charge on any atom is -0.449 e. The van der Waals surface area contributed by atoms with Crippen molar-refractivity contribution in [3.8, 4) is 23.7 Å². The number of unbranched alkanes of at least 4 members (excludes halogenated alkanes) is 3. The highest BCUT2D eigenvalue weighted by molar-refractivity contribution is 5.66. The van der Waals surface area contributed by atoms with Crippen molar-refractivity contribution in [1.29, 1.82) is 0 Å². The maximum Gasteiger partial charge on any atom is 0.303 e. The molecular formula is C19H24O2. The van der Waals surface area contributed by atoms with Gasteiger partial charge in [0.05, 0.1) is 0 Å². The van der Waals surface area contributed by atoms with Gasteiger partial charge in [0.2, 0.25) is 0 Å². The number of allylic oxidation sites excluding steroid dienone is 3. The van der Waals surface area contributed by atoms with Gasteiger partial charge in [-0.15, -0.1) is 13.2 Å². The fraction of sp³-hybridized carbons (Fsp3) is 0.421. The number of ether oxygens (including phenoxy) is 1. The van der Waals surface area contributed by atoms with E-state index in [2.05, 4.69) is 49.0 Å². The Morgan fingerprint density at radius 1 is 1.14 bits per heavy atom. The van der Waals surface area contributed by atoms with Crippen LogP contribution in [0.15, 0.2) is 37.5 Å². The lowest BCUT2D eigenvalue weighted by Gasteiger charge is -2.06. The molecule has 0 aliphatic rings. The quantitative estimate of drug-likeness (QED) is 0.274. The summed E-state index contributed by atoms with van der Waals surface area (Å²) in [5.41, 5.74) is 0. The van der Waals surface area contributed by atoms with Crippen LogP contribution in [0.5, 0.6) is 0 Å². The van der Waals surface area contributed by atoms with E-state index in [0.29, 0.717) is 12.8 Å². The van der Waals surface area contributed by atoms with E-state index in [1.54, 1.807) is 6.08 Å². The van der Waals surface area contributed by atoms with Crippen LogP contribution in [0.4, 0.5) is 0 Å². The van der Waals surface area contributed by atoms with Gasteiger partial charge < -0.3 is 4.74 Å². The van der Waals surface area contributed by atoms with E-state index in [4.69, 9.17) is 4.74 Å². The topological polar surface area (TPSA) is 26.3 Å². The third-order valence-corrected chi connectivity index (χ3v) is 2.49. The highest BCUT2D eigenvalue weighted by Crippen LogP contribution is 2.01. The molecule has 1 atom stereocenters. The normalized spacial score (nSPS) is 10.7. The molecule has 0 aromatic carbocycles. The Labute approximate surface area is 129 Å². The Kier molecular flexibility index (Phi) is 12.7. The molecule has 0 unspecified atom stereocenters. The van der Waals surface area contributed by atoms with Crippen molar-refractivity contribution in [1.82, 2.24) is 0 Å². The van der Waals surface area contributed by atoms with Gasteiger partial charge in [-0.2, -0.15) is 0 Å². The second-order valence-electron chi connectivity index (χ2n) is 4.44. The summed E-state index contributed by atoms with van der Waals surface area (Å²) in [6, 6.07) is 0. The molecule has 0 spiro atoms. The van der Waals surface area contributed by atoms with E-state index < -0.39 is 6.10 Å². The van der Waals surface area contributed by atoms with Crippen LogP contribution in [0, 0.1) is 23.7 Å². The number of hydrogen-bond donors (Lipinski definition) is 0. The SMILES string of the molecule is C=CCCCC/C=C/CC#CC#C[C@H](CC=C)OC(C)=O. The molecule has 0 rings (SSSR count). The van der Waals surface area contributed by atoms with Crippen molar-refractivity contribution in [3.05, 3.63) is 37.5 Å². The number of rotatable bonds is 9. The molecule has 0 aromatic rings. The van der Waals surface area contributed by atoms with E-state index in [1.165, 1.54) is 19.8 Å². The zero-order valence-electron chi connectivity index (χ0n) is 12.9. The first kappa shape index (κ1) is 18.8. The largest absolute Gasteiger partial charge is 0.449 e. The summed E-state index contributed by atoms with van der Waals surface area (Å²) in [4.78, 5) is 10.9. The molecule has 0 saturated heterocycles. The Hall–Kier alpha value is -2.19. The predicted octanol–water partition coefficient (Wildman–Crippen LogP) is 4.19. The average molecular weight is 284 g/mol.